The molecule has 0 aromatic rings. The number of hydrogen-bond acceptors (Lipinski definition) is 9. The van der Waals surface area contributed by atoms with Gasteiger partial charge in [0.2, 0.25) is 5.60 Å². The number of nitrogens with zero attached hydrogens (tertiary/aromatic N) is 1. The van der Waals surface area contributed by atoms with Gasteiger partial charge in [0.05, 0.1) is 32.7 Å². The summed E-state index contributed by atoms with van der Waals surface area (Å²) in [7, 11) is 0. The lowest BCUT2D eigenvalue weighted by Crippen LogP contribution is -2.47. The Morgan fingerprint density at radius 1 is 0.520 bits per heavy atom. The largest absolute Gasteiger partial charge is 0.466 e. The molecule has 1 aliphatic rings. The van der Waals surface area contributed by atoms with Crippen molar-refractivity contribution in [1.82, 2.24) is 4.90 Å². The maximum absolute atomic E-state index is 13.1. The summed E-state index contributed by atoms with van der Waals surface area (Å²) in [4.78, 5) is 52.4. The van der Waals surface area contributed by atoms with E-state index in [1.807, 2.05) is 0 Å². The molecule has 0 bridgehead atoms. The average molecular weight is 712 g/mol. The van der Waals surface area contributed by atoms with Crippen LogP contribution in [0.1, 0.15) is 195 Å². The van der Waals surface area contributed by atoms with Gasteiger partial charge >= 0.3 is 17.9 Å². The van der Waals surface area contributed by atoms with Gasteiger partial charge in [-0.2, -0.15) is 0 Å². The molecule has 1 rings (SSSR count). The first kappa shape index (κ1) is 47.8. The van der Waals surface area contributed by atoms with Crippen molar-refractivity contribution in [2.24, 2.45) is 0 Å². The number of esters is 3. The fourth-order valence-corrected chi connectivity index (χ4v) is 6.08. The Bertz CT molecular complexity index is 782. The molecule has 0 spiro atoms. The molecule has 0 atom stereocenters. The molecule has 0 aromatic carbocycles. The van der Waals surface area contributed by atoms with Gasteiger partial charge in [-0.15, -0.1) is 0 Å². The van der Waals surface area contributed by atoms with Crippen molar-refractivity contribution in [1.29, 1.82) is 0 Å². The predicted molar refractivity (Wildman–Crippen MR) is 202 cm³/mol. The molecule has 0 aromatic heterocycles. The van der Waals surface area contributed by atoms with Gasteiger partial charge in [-0.05, 0) is 58.2 Å². The van der Waals surface area contributed by atoms with E-state index in [-0.39, 0.29) is 26.3 Å². The number of ether oxygens (including phenoxy) is 4. The zero-order chi connectivity index (χ0) is 37.0. The van der Waals surface area contributed by atoms with Crippen molar-refractivity contribution in [3.05, 3.63) is 0 Å². The first-order valence-corrected chi connectivity index (χ1v) is 20.7. The lowest BCUT2D eigenvalue weighted by atomic mass is 9.95. The van der Waals surface area contributed by atoms with Crippen LogP contribution in [0.5, 0.6) is 0 Å². The van der Waals surface area contributed by atoms with Crippen LogP contribution in [0, 0.1) is 0 Å². The molecule has 1 fully saturated rings. The van der Waals surface area contributed by atoms with Crippen LogP contribution >= 0.6 is 0 Å². The van der Waals surface area contributed by atoms with E-state index in [4.69, 9.17) is 18.9 Å². The van der Waals surface area contributed by atoms with Gasteiger partial charge in [-0.1, -0.05) is 143 Å². The summed E-state index contributed by atoms with van der Waals surface area (Å²) < 4.78 is 21.1. The minimum atomic E-state index is -2.10. The Balaban J connectivity index is 0.00000183. The van der Waals surface area contributed by atoms with Crippen molar-refractivity contribution in [3.63, 3.8) is 0 Å². The lowest BCUT2D eigenvalue weighted by molar-refractivity contribution is -0.185. The van der Waals surface area contributed by atoms with E-state index in [1.54, 1.807) is 0 Å². The summed E-state index contributed by atoms with van der Waals surface area (Å²) in [6.45, 7) is 13.4. The summed E-state index contributed by atoms with van der Waals surface area (Å²) in [5.74, 6) is -2.35. The topological polar surface area (TPSA) is 108 Å². The minimum absolute atomic E-state index is 0.0774. The molecule has 0 amide bonds. The zero-order valence-corrected chi connectivity index (χ0v) is 32.9. The first-order chi connectivity index (χ1) is 24.4. The van der Waals surface area contributed by atoms with Gasteiger partial charge in [0.25, 0.3) is 6.47 Å². The molecule has 1 saturated heterocycles. The maximum Gasteiger partial charge on any atom is 0.351 e. The van der Waals surface area contributed by atoms with Gasteiger partial charge in [-0.25, -0.2) is 4.79 Å². The molecule has 0 aliphatic carbocycles. The fourth-order valence-electron chi connectivity index (χ4n) is 6.08. The molecule has 9 nitrogen and oxygen atoms in total. The van der Waals surface area contributed by atoms with E-state index >= 15 is 0 Å². The molecular formula is C41H77NO8. The molecule has 0 radical (unpaired) electrons. The van der Waals surface area contributed by atoms with Crippen molar-refractivity contribution in [2.45, 2.75) is 200 Å². The molecule has 294 valence electrons. The summed E-state index contributed by atoms with van der Waals surface area (Å²) in [5, 5.41) is 0. The van der Waals surface area contributed by atoms with Crippen molar-refractivity contribution >= 4 is 24.4 Å². The molecular weight excluding hydrogens is 634 g/mol. The summed E-state index contributed by atoms with van der Waals surface area (Å²) in [6, 6.07) is 0. The highest BCUT2D eigenvalue weighted by molar-refractivity contribution is 5.91. The van der Waals surface area contributed by atoms with Gasteiger partial charge in [-0.3, -0.25) is 14.4 Å². The molecule has 1 heterocycles. The predicted octanol–water partition coefficient (Wildman–Crippen LogP) is 10.1. The normalized spacial score (nSPS) is 13.0. The highest BCUT2D eigenvalue weighted by Crippen LogP contribution is 2.25. The van der Waals surface area contributed by atoms with Crippen LogP contribution in [0.2, 0.25) is 0 Å². The average Bonchev–Trinajstić information content (AvgIpc) is 3.63. The van der Waals surface area contributed by atoms with Gasteiger partial charge in [0.15, 0.2) is 0 Å². The third kappa shape index (κ3) is 27.5. The lowest BCUT2D eigenvalue weighted by Gasteiger charge is -2.28. The Morgan fingerprint density at radius 3 is 1.28 bits per heavy atom. The Kier molecular flexibility index (Phi) is 33.7. The Labute approximate surface area is 306 Å². The maximum atomic E-state index is 13.1. The van der Waals surface area contributed by atoms with Gasteiger partial charge in [0.1, 0.15) is 0 Å². The summed E-state index contributed by atoms with van der Waals surface area (Å²) >= 11 is 0. The van der Waals surface area contributed by atoms with E-state index in [0.29, 0.717) is 19.3 Å². The highest BCUT2D eigenvalue weighted by Gasteiger charge is 2.47. The van der Waals surface area contributed by atoms with Gasteiger partial charge in [0, 0.05) is 0 Å². The standard InChI is InChI=1S/C31H56O8.C10H21N/c1-4-7-10-13-16-19-22-36-28(33)25-31(39-27-32,30(35)38-24-21-18-15-12-9-6-3)26-29(34)37-23-20-17-14-11-8-5-2;1-2-3-4-5-8-11-9-6-7-10-11/h27H,4-26H2,1-3H3;2-10H2,1H3. The molecule has 1 aliphatic heterocycles. The van der Waals surface area contributed by atoms with Crippen LogP contribution in [0.15, 0.2) is 0 Å². The fraction of sp³-hybridized carbons (Fsp3) is 0.902. The molecule has 0 unspecified atom stereocenters. The van der Waals surface area contributed by atoms with Crippen LogP contribution in [0.25, 0.3) is 0 Å². The van der Waals surface area contributed by atoms with Crippen LogP contribution in [-0.4, -0.2) is 74.3 Å². The molecule has 0 N–H and O–H groups in total. The van der Waals surface area contributed by atoms with E-state index < -0.39 is 36.4 Å². The smallest absolute Gasteiger partial charge is 0.351 e. The number of hydrogen-bond donors (Lipinski definition) is 0. The van der Waals surface area contributed by atoms with Crippen LogP contribution in [-0.2, 0) is 38.1 Å². The number of likely N-dealkylation sites (tertiary alicyclic amines) is 1. The summed E-state index contributed by atoms with van der Waals surface area (Å²) in [6.07, 6.45) is 25.8. The number of unbranched alkanes of at least 4 members (excludes halogenated alkanes) is 18. The molecule has 50 heavy (non-hydrogen) atoms. The number of rotatable bonds is 33. The SMILES string of the molecule is CCCCCCCCOC(=O)CC(CC(=O)OCCCCCCCC)(OC=O)C(=O)OCCCCCCCC.CCCCCCN1CCCC1. The molecule has 0 saturated carbocycles. The van der Waals surface area contributed by atoms with E-state index in [9.17, 15) is 19.2 Å². The first-order valence-electron chi connectivity index (χ1n) is 20.7. The quantitative estimate of drug-likeness (QED) is 0.0284. The zero-order valence-electron chi connectivity index (χ0n) is 32.9. The van der Waals surface area contributed by atoms with Crippen molar-refractivity contribution in [2.75, 3.05) is 39.5 Å². The van der Waals surface area contributed by atoms with Crippen LogP contribution in [0.4, 0.5) is 0 Å². The number of carbonyl (C=O) groups is 4. The van der Waals surface area contributed by atoms with Crippen LogP contribution < -0.4 is 0 Å². The van der Waals surface area contributed by atoms with Gasteiger partial charge < -0.3 is 23.8 Å². The molecule has 9 heteroatoms. The van der Waals surface area contributed by atoms with Crippen molar-refractivity contribution in [3.8, 4) is 0 Å². The second-order valence-electron chi connectivity index (χ2n) is 14.1. The van der Waals surface area contributed by atoms with Crippen molar-refractivity contribution < 1.29 is 38.1 Å². The second-order valence-corrected chi connectivity index (χ2v) is 14.1. The van der Waals surface area contributed by atoms with Crippen LogP contribution in [0.3, 0.4) is 0 Å². The van der Waals surface area contributed by atoms with E-state index in [0.717, 1.165) is 83.5 Å². The monoisotopic (exact) mass is 712 g/mol. The third-order valence-electron chi connectivity index (χ3n) is 9.29. The Hall–Kier alpha value is -2.16. The highest BCUT2D eigenvalue weighted by atomic mass is 16.6. The number of carbonyl (C=O) groups excluding carboxylic acids is 4. The van der Waals surface area contributed by atoms with E-state index in [1.165, 1.54) is 71.0 Å². The third-order valence-corrected chi connectivity index (χ3v) is 9.29. The Morgan fingerprint density at radius 2 is 0.880 bits per heavy atom. The second kappa shape index (κ2) is 35.3. The minimum Gasteiger partial charge on any atom is -0.466 e. The van der Waals surface area contributed by atoms with E-state index in [2.05, 4.69) is 32.6 Å². The summed E-state index contributed by atoms with van der Waals surface area (Å²) in [5.41, 5.74) is -2.10.